The second kappa shape index (κ2) is 3.52. The Hall–Kier alpha value is -1.19. The van der Waals surface area contributed by atoms with Gasteiger partial charge in [-0.15, -0.1) is 11.3 Å². The lowest BCUT2D eigenvalue weighted by atomic mass is 9.93. The molecule has 0 radical (unpaired) electrons. The van der Waals surface area contributed by atoms with Crippen molar-refractivity contribution in [1.29, 1.82) is 0 Å². The van der Waals surface area contributed by atoms with Crippen LogP contribution in [0.1, 0.15) is 17.4 Å². The minimum absolute atomic E-state index is 0.428. The van der Waals surface area contributed by atoms with Crippen molar-refractivity contribution < 1.29 is 0 Å². The van der Waals surface area contributed by atoms with Gasteiger partial charge in [-0.2, -0.15) is 0 Å². The second-order valence-corrected chi connectivity index (χ2v) is 4.37. The second-order valence-electron chi connectivity index (χ2n) is 3.42. The van der Waals surface area contributed by atoms with Gasteiger partial charge in [0, 0.05) is 17.3 Å². The number of hydrogen-bond donors (Lipinski definition) is 1. The highest BCUT2D eigenvalue weighted by Gasteiger charge is 2.24. The molecule has 0 spiro atoms. The van der Waals surface area contributed by atoms with Gasteiger partial charge < -0.3 is 5.73 Å². The van der Waals surface area contributed by atoms with E-state index in [4.69, 9.17) is 5.73 Å². The van der Waals surface area contributed by atoms with Gasteiger partial charge in [0.15, 0.2) is 0 Å². The quantitative estimate of drug-likeness (QED) is 0.815. The maximum Gasteiger partial charge on any atom is 0.0745 e. The summed E-state index contributed by atoms with van der Waals surface area (Å²) in [7, 11) is 0. The van der Waals surface area contributed by atoms with Gasteiger partial charge in [0.1, 0.15) is 0 Å². The smallest absolute Gasteiger partial charge is 0.0745 e. The molecule has 2 heterocycles. The first-order valence-electron chi connectivity index (χ1n) is 4.44. The lowest BCUT2D eigenvalue weighted by molar-refractivity contribution is 0.614. The third kappa shape index (κ3) is 1.56. The fraction of sp³-hybridized carbons (Fsp3) is 0.182. The van der Waals surface area contributed by atoms with Crippen molar-refractivity contribution in [3.63, 3.8) is 0 Å². The van der Waals surface area contributed by atoms with Crippen molar-refractivity contribution in [2.24, 2.45) is 5.73 Å². The van der Waals surface area contributed by atoms with Crippen molar-refractivity contribution >= 4 is 11.3 Å². The molecule has 0 aliphatic rings. The van der Waals surface area contributed by atoms with Crippen LogP contribution < -0.4 is 5.73 Å². The zero-order valence-electron chi connectivity index (χ0n) is 7.97. The SMILES string of the molecule is CC(N)(c1cccnc1)c1cccs1. The molecule has 2 nitrogen and oxygen atoms in total. The van der Waals surface area contributed by atoms with Crippen LogP contribution in [0.5, 0.6) is 0 Å². The standard InChI is InChI=1S/C11H12N2S/c1-11(12,10-5-3-7-14-10)9-4-2-6-13-8-9/h2-8H,12H2,1H3. The van der Waals surface area contributed by atoms with Crippen LogP contribution in [-0.4, -0.2) is 4.98 Å². The van der Waals surface area contributed by atoms with Gasteiger partial charge in [0.25, 0.3) is 0 Å². The van der Waals surface area contributed by atoms with E-state index in [1.54, 1.807) is 17.5 Å². The van der Waals surface area contributed by atoms with E-state index in [1.165, 1.54) is 0 Å². The number of aromatic nitrogens is 1. The summed E-state index contributed by atoms with van der Waals surface area (Å²) in [6.45, 7) is 2.01. The predicted octanol–water partition coefficient (Wildman–Crippen LogP) is 2.37. The summed E-state index contributed by atoms with van der Waals surface area (Å²) >= 11 is 1.67. The van der Waals surface area contributed by atoms with Crippen molar-refractivity contribution in [2.45, 2.75) is 12.5 Å². The fourth-order valence-corrected chi connectivity index (χ4v) is 2.21. The zero-order valence-corrected chi connectivity index (χ0v) is 8.79. The molecule has 0 aliphatic carbocycles. The van der Waals surface area contributed by atoms with Crippen LogP contribution in [0.3, 0.4) is 0 Å². The summed E-state index contributed by atoms with van der Waals surface area (Å²) in [5.74, 6) is 0. The van der Waals surface area contributed by atoms with E-state index < -0.39 is 5.54 Å². The minimum atomic E-state index is -0.428. The van der Waals surface area contributed by atoms with Gasteiger partial charge >= 0.3 is 0 Å². The van der Waals surface area contributed by atoms with E-state index in [9.17, 15) is 0 Å². The van der Waals surface area contributed by atoms with Gasteiger partial charge in [-0.3, -0.25) is 4.98 Å². The lowest BCUT2D eigenvalue weighted by Gasteiger charge is -2.23. The summed E-state index contributed by atoms with van der Waals surface area (Å²) in [4.78, 5) is 5.24. The molecule has 72 valence electrons. The summed E-state index contributed by atoms with van der Waals surface area (Å²) in [5, 5.41) is 2.04. The monoisotopic (exact) mass is 204 g/mol. The van der Waals surface area contributed by atoms with Crippen molar-refractivity contribution in [2.75, 3.05) is 0 Å². The van der Waals surface area contributed by atoms with Gasteiger partial charge in [-0.25, -0.2) is 0 Å². The van der Waals surface area contributed by atoms with Gasteiger partial charge in [-0.1, -0.05) is 12.1 Å². The summed E-state index contributed by atoms with van der Waals surface area (Å²) in [5.41, 5.74) is 6.89. The van der Waals surface area contributed by atoms with Crippen LogP contribution >= 0.6 is 11.3 Å². The van der Waals surface area contributed by atoms with E-state index in [0.717, 1.165) is 10.4 Å². The molecular formula is C11H12N2S. The first-order valence-corrected chi connectivity index (χ1v) is 5.32. The number of rotatable bonds is 2. The molecule has 0 aromatic carbocycles. The van der Waals surface area contributed by atoms with Crippen LogP contribution in [-0.2, 0) is 5.54 Å². The van der Waals surface area contributed by atoms with Crippen molar-refractivity contribution in [3.05, 3.63) is 52.5 Å². The molecule has 2 aromatic rings. The Morgan fingerprint density at radius 2 is 2.21 bits per heavy atom. The highest BCUT2D eigenvalue weighted by Crippen LogP contribution is 2.28. The summed E-state index contributed by atoms with van der Waals surface area (Å²) < 4.78 is 0. The first-order chi connectivity index (χ1) is 6.71. The van der Waals surface area contributed by atoms with Crippen molar-refractivity contribution in [3.8, 4) is 0 Å². The molecule has 0 saturated heterocycles. The van der Waals surface area contributed by atoms with E-state index in [0.29, 0.717) is 0 Å². The van der Waals surface area contributed by atoms with E-state index in [2.05, 4.69) is 11.1 Å². The number of nitrogens with zero attached hydrogens (tertiary/aromatic N) is 1. The topological polar surface area (TPSA) is 38.9 Å². The third-order valence-electron chi connectivity index (χ3n) is 2.29. The molecule has 1 atom stereocenters. The van der Waals surface area contributed by atoms with Crippen LogP contribution in [0.25, 0.3) is 0 Å². The van der Waals surface area contributed by atoms with Gasteiger partial charge in [0.2, 0.25) is 0 Å². The molecular weight excluding hydrogens is 192 g/mol. The Morgan fingerprint density at radius 3 is 2.79 bits per heavy atom. The maximum absolute atomic E-state index is 6.27. The number of thiophene rings is 1. The molecule has 0 amide bonds. The molecule has 3 heteroatoms. The minimum Gasteiger partial charge on any atom is -0.317 e. The molecule has 0 aliphatic heterocycles. The molecule has 1 unspecified atom stereocenters. The Kier molecular flexibility index (Phi) is 2.35. The molecule has 2 rings (SSSR count). The average Bonchev–Trinajstić information content (AvgIpc) is 2.72. The maximum atomic E-state index is 6.27. The highest BCUT2D eigenvalue weighted by atomic mass is 32.1. The van der Waals surface area contributed by atoms with Crippen LogP contribution in [0.4, 0.5) is 0 Å². The predicted molar refractivity (Wildman–Crippen MR) is 59.2 cm³/mol. The Bertz CT molecular complexity index is 392. The van der Waals surface area contributed by atoms with E-state index in [1.807, 2.05) is 36.7 Å². The molecule has 14 heavy (non-hydrogen) atoms. The normalized spacial score (nSPS) is 15.0. The molecule has 2 aromatic heterocycles. The molecule has 0 bridgehead atoms. The van der Waals surface area contributed by atoms with Crippen LogP contribution in [0, 0.1) is 0 Å². The van der Waals surface area contributed by atoms with E-state index >= 15 is 0 Å². The van der Waals surface area contributed by atoms with Crippen LogP contribution in [0.15, 0.2) is 42.0 Å². The van der Waals surface area contributed by atoms with Crippen LogP contribution in [0.2, 0.25) is 0 Å². The Morgan fingerprint density at radius 1 is 1.36 bits per heavy atom. The highest BCUT2D eigenvalue weighted by molar-refractivity contribution is 7.10. The largest absolute Gasteiger partial charge is 0.317 e. The zero-order chi connectivity index (χ0) is 10.0. The van der Waals surface area contributed by atoms with Gasteiger partial charge in [0.05, 0.1) is 5.54 Å². The fourth-order valence-electron chi connectivity index (χ4n) is 1.39. The summed E-state index contributed by atoms with van der Waals surface area (Å²) in [6, 6.07) is 7.99. The Labute approximate surface area is 87.4 Å². The number of hydrogen-bond acceptors (Lipinski definition) is 3. The summed E-state index contributed by atoms with van der Waals surface area (Å²) in [6.07, 6.45) is 3.58. The lowest BCUT2D eigenvalue weighted by Crippen LogP contribution is -2.33. The Balaban J connectivity index is 2.43. The van der Waals surface area contributed by atoms with Crippen molar-refractivity contribution in [1.82, 2.24) is 4.98 Å². The third-order valence-corrected chi connectivity index (χ3v) is 3.40. The van der Waals surface area contributed by atoms with E-state index in [-0.39, 0.29) is 0 Å². The number of pyridine rings is 1. The van der Waals surface area contributed by atoms with Gasteiger partial charge in [-0.05, 0) is 30.0 Å². The number of nitrogens with two attached hydrogens (primary N) is 1. The molecule has 2 N–H and O–H groups in total. The first kappa shape index (κ1) is 9.37. The molecule has 0 saturated carbocycles. The molecule has 0 fully saturated rings. The average molecular weight is 204 g/mol.